The SMILES string of the molecule is C1=CCC(C2=CC=C(C3CC(C4=NC(C5=CCCC=C5)=NC(C5C=CC(C6C=CCCC6)=CC5)N4)CC=C3C3CC=CCC3)C(C3C=CC=CC3)N2)C=C1. The molecule has 54 heavy (non-hydrogen) atoms. The average Bonchev–Trinajstić information content (AvgIpc) is 3.27. The minimum Gasteiger partial charge on any atom is -0.381 e. The molecule has 0 aromatic heterocycles. The lowest BCUT2D eigenvalue weighted by Gasteiger charge is -2.43. The van der Waals surface area contributed by atoms with E-state index in [1.54, 1.807) is 11.1 Å². The van der Waals surface area contributed by atoms with E-state index in [-0.39, 0.29) is 12.2 Å². The summed E-state index contributed by atoms with van der Waals surface area (Å²) in [6.45, 7) is 0. The zero-order valence-corrected chi connectivity index (χ0v) is 31.9. The Hall–Kier alpha value is -4.44. The molecule has 9 rings (SSSR count). The van der Waals surface area contributed by atoms with Gasteiger partial charge in [0.15, 0.2) is 5.84 Å². The molecule has 0 spiro atoms. The normalized spacial score (nSPS) is 35.9. The van der Waals surface area contributed by atoms with E-state index < -0.39 is 0 Å². The van der Waals surface area contributed by atoms with Crippen molar-refractivity contribution in [3.05, 3.63) is 156 Å². The van der Waals surface area contributed by atoms with Gasteiger partial charge in [-0.05, 0) is 107 Å². The van der Waals surface area contributed by atoms with Crippen LogP contribution in [0.4, 0.5) is 0 Å². The van der Waals surface area contributed by atoms with Gasteiger partial charge in [0, 0.05) is 46.8 Å². The molecule has 4 nitrogen and oxygen atoms in total. The summed E-state index contributed by atoms with van der Waals surface area (Å²) in [5.41, 5.74) is 7.27. The molecule has 2 N–H and O–H groups in total. The number of allylic oxidation sites excluding steroid dienone is 20. The van der Waals surface area contributed by atoms with Gasteiger partial charge in [-0.3, -0.25) is 0 Å². The molecule has 0 radical (unpaired) electrons. The maximum atomic E-state index is 5.43. The molecule has 9 aliphatic rings. The highest BCUT2D eigenvalue weighted by Gasteiger charge is 2.40. The van der Waals surface area contributed by atoms with E-state index in [4.69, 9.17) is 9.98 Å². The second-order valence-corrected chi connectivity index (χ2v) is 16.8. The van der Waals surface area contributed by atoms with Crippen molar-refractivity contribution in [2.24, 2.45) is 51.4 Å². The van der Waals surface area contributed by atoms with E-state index >= 15 is 0 Å². The van der Waals surface area contributed by atoms with E-state index in [1.165, 1.54) is 48.9 Å². The monoisotopic (exact) mass is 714 g/mol. The number of nitrogens with zero attached hydrogens (tertiary/aromatic N) is 2. The highest BCUT2D eigenvalue weighted by Crippen LogP contribution is 2.46. The van der Waals surface area contributed by atoms with Crippen molar-refractivity contribution >= 4 is 11.7 Å². The van der Waals surface area contributed by atoms with Crippen LogP contribution in [0.2, 0.25) is 0 Å². The summed E-state index contributed by atoms with van der Waals surface area (Å²) in [5, 5.41) is 8.16. The number of hydrogen-bond acceptors (Lipinski definition) is 4. The first kappa shape index (κ1) is 35.3. The van der Waals surface area contributed by atoms with E-state index in [0.717, 1.165) is 63.0 Å². The number of aliphatic imine (C=N–C) groups is 2. The molecule has 9 unspecified atom stereocenters. The van der Waals surface area contributed by atoms with Crippen LogP contribution in [0.3, 0.4) is 0 Å². The molecule has 0 saturated heterocycles. The zero-order valence-electron chi connectivity index (χ0n) is 31.9. The Morgan fingerprint density at radius 2 is 1.54 bits per heavy atom. The van der Waals surface area contributed by atoms with Crippen molar-refractivity contribution in [3.63, 3.8) is 0 Å². The lowest BCUT2D eigenvalue weighted by atomic mass is 9.66. The molecule has 0 aromatic carbocycles. The first-order chi connectivity index (χ1) is 26.8. The number of hydrogen-bond donors (Lipinski definition) is 2. The van der Waals surface area contributed by atoms with Crippen LogP contribution in [-0.2, 0) is 0 Å². The summed E-state index contributed by atoms with van der Waals surface area (Å²) in [6, 6.07) is 0.271. The van der Waals surface area contributed by atoms with Crippen LogP contribution in [0.25, 0.3) is 0 Å². The van der Waals surface area contributed by atoms with Crippen LogP contribution in [0.15, 0.2) is 166 Å². The Balaban J connectivity index is 1.04. The van der Waals surface area contributed by atoms with Crippen molar-refractivity contribution in [3.8, 4) is 0 Å². The maximum absolute atomic E-state index is 5.43. The zero-order chi connectivity index (χ0) is 36.1. The van der Waals surface area contributed by atoms with Crippen molar-refractivity contribution in [1.82, 2.24) is 10.6 Å². The van der Waals surface area contributed by atoms with Crippen molar-refractivity contribution < 1.29 is 0 Å². The Labute approximate surface area is 323 Å². The van der Waals surface area contributed by atoms with Gasteiger partial charge in [-0.25, -0.2) is 9.98 Å². The predicted octanol–water partition coefficient (Wildman–Crippen LogP) is 11.2. The second kappa shape index (κ2) is 16.5. The molecule has 2 heterocycles. The van der Waals surface area contributed by atoms with E-state index in [1.807, 2.05) is 0 Å². The minimum atomic E-state index is -0.0162. The quantitative estimate of drug-likeness (QED) is 0.246. The maximum Gasteiger partial charge on any atom is 0.158 e. The van der Waals surface area contributed by atoms with E-state index in [0.29, 0.717) is 41.4 Å². The topological polar surface area (TPSA) is 48.8 Å². The van der Waals surface area contributed by atoms with Gasteiger partial charge in [0.05, 0.1) is 6.04 Å². The van der Waals surface area contributed by atoms with E-state index in [9.17, 15) is 0 Å². The van der Waals surface area contributed by atoms with Crippen molar-refractivity contribution in [1.29, 1.82) is 0 Å². The lowest BCUT2D eigenvalue weighted by molar-refractivity contribution is 0.368. The third-order valence-electron chi connectivity index (χ3n) is 13.3. The first-order valence-corrected chi connectivity index (χ1v) is 21.3. The summed E-state index contributed by atoms with van der Waals surface area (Å²) in [4.78, 5) is 10.8. The minimum absolute atomic E-state index is 0.0162. The number of amidine groups is 2. The molecular formula is C50H58N4. The standard InChI is InChI=1S/C50H58N4/c1-6-16-35(17-7-1)36-26-28-41(29-27-36)49-52-48(40-24-14-5-15-25-40)53-50(54-49)42-30-31-43(37-18-8-2-9-19-37)45(34-42)44-32-33-46(38-20-10-3-11-21-38)51-47(44)39-22-12-4-13-23-39/h2-4,6,8,10-14,16,20,22,24-28,31-33,35,37-39,41-42,45,47,49,51H,1,5,7,9,15,17-19,21,23,29-30,34H2,(H,52,53,54). The number of rotatable bonds is 8. The molecule has 0 fully saturated rings. The number of nitrogens with one attached hydrogen (secondary N) is 2. The summed E-state index contributed by atoms with van der Waals surface area (Å²) < 4.78 is 0. The summed E-state index contributed by atoms with van der Waals surface area (Å²) >= 11 is 0. The van der Waals surface area contributed by atoms with Crippen LogP contribution in [-0.4, -0.2) is 23.9 Å². The Morgan fingerprint density at radius 3 is 2.30 bits per heavy atom. The largest absolute Gasteiger partial charge is 0.381 e. The van der Waals surface area contributed by atoms with Crippen molar-refractivity contribution in [2.45, 2.75) is 95.7 Å². The molecule has 0 amide bonds. The number of dihydropyridines is 1. The predicted molar refractivity (Wildman–Crippen MR) is 227 cm³/mol. The summed E-state index contributed by atoms with van der Waals surface area (Å²) in [5.74, 6) is 5.07. The van der Waals surface area contributed by atoms with Gasteiger partial charge in [0.25, 0.3) is 0 Å². The van der Waals surface area contributed by atoms with Crippen LogP contribution < -0.4 is 10.6 Å². The smallest absolute Gasteiger partial charge is 0.158 e. The molecule has 0 saturated carbocycles. The fourth-order valence-electron chi connectivity index (χ4n) is 10.3. The Bertz CT molecular complexity index is 1910. The second-order valence-electron chi connectivity index (χ2n) is 16.8. The van der Waals surface area contributed by atoms with E-state index in [2.05, 4.69) is 138 Å². The van der Waals surface area contributed by atoms with Gasteiger partial charge in [-0.1, -0.05) is 127 Å². The molecule has 0 bridgehead atoms. The Morgan fingerprint density at radius 1 is 0.593 bits per heavy atom. The highest BCUT2D eigenvalue weighted by molar-refractivity contribution is 6.09. The van der Waals surface area contributed by atoms with Crippen LogP contribution in [0.5, 0.6) is 0 Å². The summed E-state index contributed by atoms with van der Waals surface area (Å²) in [7, 11) is 0. The van der Waals surface area contributed by atoms with Crippen LogP contribution in [0.1, 0.15) is 83.5 Å². The molecule has 278 valence electrons. The molecule has 9 atom stereocenters. The lowest BCUT2D eigenvalue weighted by Crippen LogP contribution is -2.48. The third-order valence-corrected chi connectivity index (χ3v) is 13.3. The Kier molecular flexibility index (Phi) is 10.8. The van der Waals surface area contributed by atoms with Gasteiger partial charge in [0.1, 0.15) is 12.0 Å². The van der Waals surface area contributed by atoms with Crippen molar-refractivity contribution in [2.75, 3.05) is 0 Å². The van der Waals surface area contributed by atoms with Gasteiger partial charge in [-0.2, -0.15) is 0 Å². The van der Waals surface area contributed by atoms with Gasteiger partial charge < -0.3 is 10.6 Å². The molecule has 0 aromatic rings. The molecule has 7 aliphatic carbocycles. The fraction of sp³-hybridized carbons (Fsp3) is 0.440. The van der Waals surface area contributed by atoms with Gasteiger partial charge in [0.2, 0.25) is 0 Å². The van der Waals surface area contributed by atoms with Gasteiger partial charge in [-0.15, -0.1) is 0 Å². The van der Waals surface area contributed by atoms with Gasteiger partial charge >= 0.3 is 0 Å². The first-order valence-electron chi connectivity index (χ1n) is 21.3. The average molecular weight is 715 g/mol. The fourth-order valence-corrected chi connectivity index (χ4v) is 10.3. The van der Waals surface area contributed by atoms with Crippen LogP contribution >= 0.6 is 0 Å². The molecule has 2 aliphatic heterocycles. The molecule has 4 heteroatoms. The molecular weight excluding hydrogens is 657 g/mol. The third kappa shape index (κ3) is 7.72. The highest BCUT2D eigenvalue weighted by atomic mass is 15.2. The summed E-state index contributed by atoms with van der Waals surface area (Å²) in [6.07, 6.45) is 64.6. The van der Waals surface area contributed by atoms with Crippen LogP contribution in [0, 0.1) is 41.4 Å².